The number of rotatable bonds is 1. The van der Waals surface area contributed by atoms with Gasteiger partial charge in [-0.3, -0.25) is 0 Å². The van der Waals surface area contributed by atoms with Crippen molar-refractivity contribution in [3.05, 3.63) is 83.4 Å². The lowest BCUT2D eigenvalue weighted by atomic mass is 10.1. The van der Waals surface area contributed by atoms with Crippen LogP contribution in [0.15, 0.2) is 60.8 Å². The number of benzene rings is 2. The highest BCUT2D eigenvalue weighted by atomic mass is 19.1. The zero-order valence-electron chi connectivity index (χ0n) is 14.7. The molecule has 132 valence electrons. The van der Waals surface area contributed by atoms with Gasteiger partial charge < -0.3 is 14.8 Å². The number of aromatic nitrogens is 1. The lowest BCUT2D eigenvalue weighted by Gasteiger charge is -2.27. The van der Waals surface area contributed by atoms with E-state index in [1.165, 1.54) is 6.07 Å². The van der Waals surface area contributed by atoms with Crippen LogP contribution in [-0.4, -0.2) is 15.5 Å². The second-order valence-electron chi connectivity index (χ2n) is 6.63. The first-order chi connectivity index (χ1) is 12.5. The number of para-hydroxylation sites is 1. The fraction of sp³-hybridized carbons (Fsp3) is 0.190. The summed E-state index contributed by atoms with van der Waals surface area (Å²) in [6.45, 7) is 4.19. The standard InChI is InChI=1S/C21H20FN3O/c1-14-9-10-17(12-18(14)22)23-21(26)25-13-16-6-3-4-7-20(16)24-11-5-8-19(24)15(25)2/h3-12,15H,13H2,1-2H3,(H,23,26)/t15-/m1/s1. The van der Waals surface area contributed by atoms with Crippen molar-refractivity contribution in [1.29, 1.82) is 0 Å². The fourth-order valence-electron chi connectivity index (χ4n) is 3.43. The van der Waals surface area contributed by atoms with Gasteiger partial charge in [-0.05, 0) is 55.3 Å². The average molecular weight is 349 g/mol. The summed E-state index contributed by atoms with van der Waals surface area (Å²) in [4.78, 5) is 14.7. The minimum atomic E-state index is -0.328. The predicted molar refractivity (Wildman–Crippen MR) is 99.9 cm³/mol. The number of aryl methyl sites for hydroxylation is 1. The van der Waals surface area contributed by atoms with Crippen LogP contribution in [0, 0.1) is 12.7 Å². The molecule has 1 atom stereocenters. The molecular weight excluding hydrogens is 329 g/mol. The summed E-state index contributed by atoms with van der Waals surface area (Å²) in [7, 11) is 0. The van der Waals surface area contributed by atoms with Gasteiger partial charge in [-0.2, -0.15) is 0 Å². The van der Waals surface area contributed by atoms with Gasteiger partial charge in [0.1, 0.15) is 5.82 Å². The highest BCUT2D eigenvalue weighted by molar-refractivity contribution is 5.89. The Kier molecular flexibility index (Phi) is 3.99. The van der Waals surface area contributed by atoms with Crippen LogP contribution in [0.25, 0.3) is 5.69 Å². The van der Waals surface area contributed by atoms with Crippen molar-refractivity contribution < 1.29 is 9.18 Å². The monoisotopic (exact) mass is 349 g/mol. The number of hydrogen-bond acceptors (Lipinski definition) is 1. The van der Waals surface area contributed by atoms with Crippen LogP contribution in [0.2, 0.25) is 0 Å². The van der Waals surface area contributed by atoms with E-state index in [1.807, 2.05) is 43.5 Å². The number of halogens is 1. The molecule has 3 aromatic rings. The molecule has 1 aliphatic heterocycles. The molecule has 0 unspecified atom stereocenters. The lowest BCUT2D eigenvalue weighted by Crippen LogP contribution is -2.36. The van der Waals surface area contributed by atoms with Gasteiger partial charge in [0.05, 0.1) is 18.3 Å². The van der Waals surface area contributed by atoms with Gasteiger partial charge in [-0.15, -0.1) is 0 Å². The molecule has 0 radical (unpaired) electrons. The number of urea groups is 1. The van der Waals surface area contributed by atoms with E-state index in [9.17, 15) is 9.18 Å². The summed E-state index contributed by atoms with van der Waals surface area (Å²) in [6.07, 6.45) is 2.02. The Hall–Kier alpha value is -3.08. The fourth-order valence-corrected chi connectivity index (χ4v) is 3.43. The largest absolute Gasteiger partial charge is 0.322 e. The van der Waals surface area contributed by atoms with Gasteiger partial charge in [0.2, 0.25) is 0 Å². The van der Waals surface area contributed by atoms with Gasteiger partial charge in [-0.1, -0.05) is 24.3 Å². The maximum Gasteiger partial charge on any atom is 0.322 e. The van der Waals surface area contributed by atoms with Gasteiger partial charge in [-0.25, -0.2) is 9.18 Å². The lowest BCUT2D eigenvalue weighted by molar-refractivity contribution is 0.189. The quantitative estimate of drug-likeness (QED) is 0.657. The first kappa shape index (κ1) is 16.4. The van der Waals surface area contributed by atoms with Gasteiger partial charge >= 0.3 is 6.03 Å². The molecule has 0 saturated carbocycles. The zero-order valence-corrected chi connectivity index (χ0v) is 14.7. The maximum absolute atomic E-state index is 13.8. The Bertz CT molecular complexity index is 979. The van der Waals surface area contributed by atoms with Crippen LogP contribution in [0.1, 0.15) is 29.8 Å². The topological polar surface area (TPSA) is 37.3 Å². The van der Waals surface area contributed by atoms with Crippen LogP contribution in [-0.2, 0) is 6.54 Å². The summed E-state index contributed by atoms with van der Waals surface area (Å²) >= 11 is 0. The van der Waals surface area contributed by atoms with Crippen LogP contribution in [0.5, 0.6) is 0 Å². The number of amides is 2. The molecule has 0 spiro atoms. The van der Waals surface area contributed by atoms with Crippen molar-refractivity contribution >= 4 is 11.7 Å². The van der Waals surface area contributed by atoms with Crippen molar-refractivity contribution in [1.82, 2.24) is 9.47 Å². The van der Waals surface area contributed by atoms with Crippen LogP contribution >= 0.6 is 0 Å². The second kappa shape index (κ2) is 6.33. The number of hydrogen-bond donors (Lipinski definition) is 1. The summed E-state index contributed by atoms with van der Waals surface area (Å²) in [5.41, 5.74) is 4.20. The van der Waals surface area contributed by atoms with E-state index in [4.69, 9.17) is 0 Å². The SMILES string of the molecule is Cc1ccc(NC(=O)N2Cc3ccccc3-n3cccc3[C@H]2C)cc1F. The minimum absolute atomic E-state index is 0.118. The number of carbonyl (C=O) groups is 1. The first-order valence-corrected chi connectivity index (χ1v) is 8.64. The van der Waals surface area contributed by atoms with E-state index in [1.54, 1.807) is 24.0 Å². The maximum atomic E-state index is 13.8. The molecular formula is C21H20FN3O. The molecule has 1 aliphatic rings. The Morgan fingerprint density at radius 3 is 2.77 bits per heavy atom. The van der Waals surface area contributed by atoms with Crippen molar-refractivity contribution in [3.8, 4) is 5.69 Å². The molecule has 1 aromatic heterocycles. The van der Waals surface area contributed by atoms with Gasteiger partial charge in [0.25, 0.3) is 0 Å². The third-order valence-corrected chi connectivity index (χ3v) is 4.95. The third-order valence-electron chi connectivity index (χ3n) is 4.95. The van der Waals surface area contributed by atoms with Crippen LogP contribution in [0.3, 0.4) is 0 Å². The predicted octanol–water partition coefficient (Wildman–Crippen LogP) is 5.03. The first-order valence-electron chi connectivity index (χ1n) is 8.64. The summed E-state index contributed by atoms with van der Waals surface area (Å²) in [6, 6.07) is 16.4. The number of nitrogens with one attached hydrogen (secondary N) is 1. The molecule has 0 aliphatic carbocycles. The summed E-state index contributed by atoms with van der Waals surface area (Å²) < 4.78 is 15.9. The third kappa shape index (κ3) is 2.75. The Balaban J connectivity index is 1.68. The molecule has 26 heavy (non-hydrogen) atoms. The molecule has 0 saturated heterocycles. The molecule has 4 nitrogen and oxygen atoms in total. The number of fused-ring (bicyclic) bond motifs is 3. The highest BCUT2D eigenvalue weighted by Gasteiger charge is 2.28. The zero-order chi connectivity index (χ0) is 18.3. The minimum Gasteiger partial charge on any atom is -0.318 e. The van der Waals surface area contributed by atoms with Crippen molar-refractivity contribution in [3.63, 3.8) is 0 Å². The summed E-state index contributed by atoms with van der Waals surface area (Å²) in [5, 5.41) is 2.83. The van der Waals surface area contributed by atoms with E-state index < -0.39 is 0 Å². The Morgan fingerprint density at radius 2 is 1.96 bits per heavy atom. The normalized spacial score (nSPS) is 15.8. The van der Waals surface area contributed by atoms with Gasteiger partial charge in [0.15, 0.2) is 0 Å². The number of carbonyl (C=O) groups excluding carboxylic acids is 1. The van der Waals surface area contributed by atoms with E-state index in [-0.39, 0.29) is 17.9 Å². The second-order valence-corrected chi connectivity index (χ2v) is 6.63. The molecule has 5 heteroatoms. The Morgan fingerprint density at radius 1 is 1.15 bits per heavy atom. The van der Waals surface area contributed by atoms with E-state index in [2.05, 4.69) is 16.0 Å². The van der Waals surface area contributed by atoms with Crippen molar-refractivity contribution in [2.75, 3.05) is 5.32 Å². The molecule has 0 bridgehead atoms. The molecule has 2 amide bonds. The van der Waals surface area contributed by atoms with Gasteiger partial charge in [0, 0.05) is 17.6 Å². The van der Waals surface area contributed by atoms with E-state index in [0.717, 1.165) is 16.9 Å². The van der Waals surface area contributed by atoms with E-state index >= 15 is 0 Å². The smallest absolute Gasteiger partial charge is 0.318 e. The molecule has 4 rings (SSSR count). The molecule has 1 N–H and O–H groups in total. The molecule has 0 fully saturated rings. The van der Waals surface area contributed by atoms with E-state index in [0.29, 0.717) is 17.8 Å². The highest BCUT2D eigenvalue weighted by Crippen LogP contribution is 2.32. The number of anilines is 1. The molecule has 2 aromatic carbocycles. The van der Waals surface area contributed by atoms with Crippen LogP contribution < -0.4 is 5.32 Å². The number of nitrogens with zero attached hydrogens (tertiary/aromatic N) is 2. The van der Waals surface area contributed by atoms with Crippen molar-refractivity contribution in [2.45, 2.75) is 26.4 Å². The van der Waals surface area contributed by atoms with Crippen molar-refractivity contribution in [2.24, 2.45) is 0 Å². The summed E-state index contributed by atoms with van der Waals surface area (Å²) in [5.74, 6) is -0.328. The van der Waals surface area contributed by atoms with Crippen LogP contribution in [0.4, 0.5) is 14.9 Å². The Labute approximate surface area is 151 Å². The average Bonchev–Trinajstić information content (AvgIpc) is 3.08. The molecule has 2 heterocycles.